The second kappa shape index (κ2) is 10.6. The van der Waals surface area contributed by atoms with Crippen molar-refractivity contribution in [2.45, 2.75) is 19.3 Å². The third-order valence-corrected chi connectivity index (χ3v) is 5.37. The lowest BCUT2D eigenvalue weighted by Gasteiger charge is -2.34. The lowest BCUT2D eigenvalue weighted by atomic mass is 10.1. The van der Waals surface area contributed by atoms with Gasteiger partial charge in [0.05, 0.1) is 17.8 Å². The van der Waals surface area contributed by atoms with Gasteiger partial charge in [-0.25, -0.2) is 14.4 Å². The molecule has 1 fully saturated rings. The van der Waals surface area contributed by atoms with Crippen molar-refractivity contribution in [1.82, 2.24) is 20.2 Å². The third-order valence-electron chi connectivity index (χ3n) is 5.37. The Labute approximate surface area is 181 Å². The molecule has 6 nitrogen and oxygen atoms in total. The van der Waals surface area contributed by atoms with Crippen LogP contribution in [0.4, 0.5) is 10.3 Å². The number of halogens is 2. The molecule has 1 aromatic carbocycles. The number of hydrogen-bond donors (Lipinski definition) is 1. The first kappa shape index (κ1) is 21.6. The van der Waals surface area contributed by atoms with E-state index in [9.17, 15) is 4.39 Å². The highest BCUT2D eigenvalue weighted by molar-refractivity contribution is 8.93. The molecule has 2 aliphatic rings. The van der Waals surface area contributed by atoms with Crippen LogP contribution in [0.1, 0.15) is 19.3 Å². The molecule has 1 saturated heterocycles. The molecule has 3 heterocycles. The Hall–Kier alpha value is -2.06. The lowest BCUT2D eigenvalue weighted by Crippen LogP contribution is -2.47. The van der Waals surface area contributed by atoms with Crippen molar-refractivity contribution in [2.24, 2.45) is 4.99 Å². The van der Waals surface area contributed by atoms with Gasteiger partial charge in [-0.3, -0.25) is 9.89 Å². The number of piperazine rings is 1. The number of hydrogen-bond acceptors (Lipinski definition) is 6. The van der Waals surface area contributed by atoms with Gasteiger partial charge < -0.3 is 10.2 Å². The summed E-state index contributed by atoms with van der Waals surface area (Å²) in [5.74, 6) is 0.238. The van der Waals surface area contributed by atoms with Crippen molar-refractivity contribution < 1.29 is 4.39 Å². The van der Waals surface area contributed by atoms with Crippen molar-refractivity contribution in [3.8, 4) is 0 Å². The van der Waals surface area contributed by atoms with Crippen LogP contribution in [0.5, 0.6) is 0 Å². The molecule has 2 aliphatic heterocycles. The first-order valence-electron chi connectivity index (χ1n) is 10.1. The quantitative estimate of drug-likeness (QED) is 0.632. The summed E-state index contributed by atoms with van der Waals surface area (Å²) in [4.78, 5) is 17.4. The molecule has 0 spiro atoms. The lowest BCUT2D eigenvalue weighted by molar-refractivity contribution is 0.252. The zero-order valence-corrected chi connectivity index (χ0v) is 18.3. The van der Waals surface area contributed by atoms with Crippen LogP contribution in [0.15, 0.2) is 41.7 Å². The average molecular weight is 463 g/mol. The van der Waals surface area contributed by atoms with Gasteiger partial charge in [0.1, 0.15) is 0 Å². The van der Waals surface area contributed by atoms with E-state index in [0.29, 0.717) is 5.95 Å². The summed E-state index contributed by atoms with van der Waals surface area (Å²) in [6, 6.07) is 8.38. The topological polar surface area (TPSA) is 56.7 Å². The summed E-state index contributed by atoms with van der Waals surface area (Å²) >= 11 is 0. The van der Waals surface area contributed by atoms with Gasteiger partial charge in [0.25, 0.3) is 0 Å². The maximum Gasteiger partial charge on any atom is 0.225 e. The molecule has 0 atom stereocenters. The molecule has 0 saturated carbocycles. The van der Waals surface area contributed by atoms with Crippen LogP contribution in [0, 0.1) is 5.82 Å². The third kappa shape index (κ3) is 5.73. The summed E-state index contributed by atoms with van der Waals surface area (Å²) in [7, 11) is 0. The smallest absolute Gasteiger partial charge is 0.225 e. The minimum absolute atomic E-state index is 0. The molecule has 2 aromatic rings. The molecule has 1 N–H and O–H groups in total. The van der Waals surface area contributed by atoms with Crippen LogP contribution in [-0.2, 0) is 0 Å². The fourth-order valence-electron chi connectivity index (χ4n) is 3.81. The summed E-state index contributed by atoms with van der Waals surface area (Å²) < 4.78 is 12.9. The van der Waals surface area contributed by atoms with Crippen molar-refractivity contribution >= 4 is 28.6 Å². The highest BCUT2D eigenvalue weighted by Gasteiger charge is 2.18. The molecule has 0 radical (unpaired) electrons. The van der Waals surface area contributed by atoms with Crippen molar-refractivity contribution in [3.05, 3.63) is 53.1 Å². The number of rotatable bonds is 7. The Kier molecular flexibility index (Phi) is 7.94. The van der Waals surface area contributed by atoms with Crippen LogP contribution < -0.4 is 20.8 Å². The molecule has 0 unspecified atom stereocenters. The number of fused-ring (bicyclic) bond motifs is 1. The van der Waals surface area contributed by atoms with Gasteiger partial charge in [-0.05, 0) is 25.5 Å². The predicted molar refractivity (Wildman–Crippen MR) is 118 cm³/mol. The van der Waals surface area contributed by atoms with Crippen LogP contribution in [0.25, 0.3) is 5.70 Å². The van der Waals surface area contributed by atoms with E-state index in [0.717, 1.165) is 64.0 Å². The normalized spacial score (nSPS) is 16.6. The molecule has 0 amide bonds. The van der Waals surface area contributed by atoms with Crippen LogP contribution in [0.2, 0.25) is 0 Å². The Morgan fingerprint density at radius 3 is 2.55 bits per heavy atom. The van der Waals surface area contributed by atoms with Gasteiger partial charge in [0.2, 0.25) is 5.95 Å². The number of anilines is 1. The molecule has 0 aliphatic carbocycles. The molecular weight excluding hydrogens is 435 g/mol. The monoisotopic (exact) mass is 462 g/mol. The Bertz CT molecular complexity index is 896. The van der Waals surface area contributed by atoms with E-state index in [2.05, 4.69) is 48.3 Å². The van der Waals surface area contributed by atoms with E-state index in [1.807, 2.05) is 6.07 Å². The fourth-order valence-corrected chi connectivity index (χ4v) is 3.81. The molecule has 156 valence electrons. The van der Waals surface area contributed by atoms with E-state index in [1.165, 1.54) is 29.7 Å². The van der Waals surface area contributed by atoms with Crippen molar-refractivity contribution in [1.29, 1.82) is 0 Å². The minimum atomic E-state index is -0.389. The zero-order valence-electron chi connectivity index (χ0n) is 16.6. The maximum absolute atomic E-state index is 12.9. The standard InChI is InChI=1S/C21H27FN6.BrH/c22-17-15-25-21(26-16-17)28-13-11-27(12-14-28)10-4-3-8-23-20-7-9-24-19-6-2-1-5-18(19)20;/h1-2,5-6,15-16,23H,3-4,7-14H2;1H. The minimum Gasteiger partial charge on any atom is -0.388 e. The van der Waals surface area contributed by atoms with Gasteiger partial charge >= 0.3 is 0 Å². The first-order chi connectivity index (χ1) is 13.8. The number of nitrogens with zero attached hydrogens (tertiary/aromatic N) is 5. The summed E-state index contributed by atoms with van der Waals surface area (Å²) in [5, 5.41) is 6.00. The van der Waals surface area contributed by atoms with Gasteiger partial charge in [0.15, 0.2) is 5.82 Å². The second-order valence-electron chi connectivity index (χ2n) is 7.29. The predicted octanol–water partition coefficient (Wildman–Crippen LogP) is 1.52. The highest BCUT2D eigenvalue weighted by atomic mass is 79.9. The number of nitrogens with one attached hydrogen (secondary N) is 1. The van der Waals surface area contributed by atoms with Crippen molar-refractivity contribution in [3.63, 3.8) is 0 Å². The SMILES string of the molecule is Br.Fc1cnc(N2CCN(CCCCNC3=c4ccccc4=NCC3)CC2)nc1. The van der Waals surface area contributed by atoms with Crippen molar-refractivity contribution in [2.75, 3.05) is 50.7 Å². The van der Waals surface area contributed by atoms with E-state index >= 15 is 0 Å². The van der Waals surface area contributed by atoms with Crippen LogP contribution in [-0.4, -0.2) is 60.7 Å². The number of para-hydroxylation sites is 1. The summed E-state index contributed by atoms with van der Waals surface area (Å²) in [6.45, 7) is 6.78. The average Bonchev–Trinajstić information content (AvgIpc) is 2.75. The van der Waals surface area contributed by atoms with Gasteiger partial charge in [-0.1, -0.05) is 18.2 Å². The van der Waals surface area contributed by atoms with Gasteiger partial charge in [0, 0.05) is 56.6 Å². The largest absolute Gasteiger partial charge is 0.388 e. The molecule has 0 bridgehead atoms. The molecule has 4 rings (SSSR count). The van der Waals surface area contributed by atoms with Gasteiger partial charge in [-0.15, -0.1) is 17.0 Å². The number of benzene rings is 1. The van der Waals surface area contributed by atoms with Gasteiger partial charge in [-0.2, -0.15) is 0 Å². The number of aromatic nitrogens is 2. The van der Waals surface area contributed by atoms with E-state index in [4.69, 9.17) is 0 Å². The van der Waals surface area contributed by atoms with Crippen LogP contribution in [0.3, 0.4) is 0 Å². The fraction of sp³-hybridized carbons (Fsp3) is 0.476. The second-order valence-corrected chi connectivity index (χ2v) is 7.29. The first-order valence-corrected chi connectivity index (χ1v) is 10.1. The maximum atomic E-state index is 12.9. The van der Waals surface area contributed by atoms with E-state index < -0.39 is 0 Å². The van der Waals surface area contributed by atoms with E-state index in [1.54, 1.807) is 0 Å². The summed E-state index contributed by atoms with van der Waals surface area (Å²) in [5.41, 5.74) is 1.33. The van der Waals surface area contributed by atoms with Crippen LogP contribution >= 0.6 is 17.0 Å². The Morgan fingerprint density at radius 1 is 1.00 bits per heavy atom. The molecular formula is C21H28BrFN6. The Balaban J connectivity index is 0.00000240. The molecule has 8 heteroatoms. The zero-order chi connectivity index (χ0) is 19.2. The summed E-state index contributed by atoms with van der Waals surface area (Å²) in [6.07, 6.45) is 5.81. The Morgan fingerprint density at radius 2 is 1.76 bits per heavy atom. The molecule has 1 aromatic heterocycles. The van der Waals surface area contributed by atoms with E-state index in [-0.39, 0.29) is 22.8 Å². The molecule has 29 heavy (non-hydrogen) atoms. The number of unbranched alkanes of at least 4 members (excludes halogenated alkanes) is 1. The highest BCUT2D eigenvalue weighted by Crippen LogP contribution is 2.11.